The molecule has 0 aliphatic heterocycles. The van der Waals surface area contributed by atoms with Crippen LogP contribution in [0.5, 0.6) is 0 Å². The maximum Gasteiger partial charge on any atom is 0.220 e. The Hall–Kier alpha value is 0.200. The number of hydrogen-bond acceptors (Lipinski definition) is 4. The first-order chi connectivity index (χ1) is 4.31. The highest BCUT2D eigenvalue weighted by Gasteiger charge is 1.93. The maximum absolute atomic E-state index is 8.35. The topological polar surface area (TPSA) is 29.5 Å². The Labute approximate surface area is 64.6 Å². The van der Waals surface area contributed by atoms with Gasteiger partial charge in [-0.15, -0.1) is 0 Å². The Balaban J connectivity index is 3.06. The number of thioether (sulfide) groups is 1. The van der Waals surface area contributed by atoms with E-state index in [1.54, 1.807) is 0 Å². The summed E-state index contributed by atoms with van der Waals surface area (Å²) in [5.74, 6) is 0.624. The quantitative estimate of drug-likeness (QED) is 0.634. The van der Waals surface area contributed by atoms with Gasteiger partial charge in [-0.3, -0.25) is 0 Å². The highest BCUT2D eigenvalue weighted by atomic mass is 32.2. The molecule has 0 radical (unpaired) electrons. The fraction of sp³-hybridized carbons (Fsp3) is 0.800. The molecule has 0 aliphatic carbocycles. The summed E-state index contributed by atoms with van der Waals surface area (Å²) in [7, 11) is 0. The monoisotopic (exact) mass is 166 g/mol. The van der Waals surface area contributed by atoms with E-state index in [1.807, 2.05) is 6.92 Å². The van der Waals surface area contributed by atoms with Gasteiger partial charge >= 0.3 is 0 Å². The van der Waals surface area contributed by atoms with Crippen molar-refractivity contribution >= 4 is 28.4 Å². The molecule has 0 aromatic carbocycles. The first-order valence-corrected chi connectivity index (χ1v) is 4.11. The Bertz CT molecular complexity index is 85.0. The zero-order valence-corrected chi connectivity index (χ0v) is 6.93. The molecule has 0 aliphatic rings. The minimum absolute atomic E-state index is 0.151. The summed E-state index contributed by atoms with van der Waals surface area (Å²) < 4.78 is 5.45. The molecule has 0 saturated heterocycles. The van der Waals surface area contributed by atoms with Crippen LogP contribution in [0, 0.1) is 0 Å². The molecule has 1 N–H and O–H groups in total. The normalized spacial score (nSPS) is 9.11. The molecule has 0 saturated carbocycles. The van der Waals surface area contributed by atoms with Crippen LogP contribution in [0.1, 0.15) is 6.92 Å². The van der Waals surface area contributed by atoms with E-state index in [2.05, 4.69) is 0 Å². The second-order valence-electron chi connectivity index (χ2n) is 1.26. The number of hydrogen-bond donors (Lipinski definition) is 1. The molecule has 2 nitrogen and oxygen atoms in total. The van der Waals surface area contributed by atoms with Gasteiger partial charge in [0, 0.05) is 5.75 Å². The van der Waals surface area contributed by atoms with Gasteiger partial charge in [0.05, 0.1) is 13.2 Å². The molecule has 0 fully saturated rings. The Morgan fingerprint density at radius 1 is 1.78 bits per heavy atom. The Kier molecular flexibility index (Phi) is 6.46. The van der Waals surface area contributed by atoms with Crippen LogP contribution < -0.4 is 0 Å². The zero-order valence-electron chi connectivity index (χ0n) is 5.29. The lowest BCUT2D eigenvalue weighted by atomic mass is 10.9. The highest BCUT2D eigenvalue weighted by Crippen LogP contribution is 2.03. The van der Waals surface area contributed by atoms with E-state index in [0.717, 1.165) is 0 Å². The van der Waals surface area contributed by atoms with Gasteiger partial charge in [0.1, 0.15) is 0 Å². The SMILES string of the molecule is CCOC(=S)SCCO. The number of thiocarbonyl (C=S) groups is 1. The van der Waals surface area contributed by atoms with Crippen LogP contribution in [-0.2, 0) is 4.74 Å². The molecule has 0 spiro atoms. The van der Waals surface area contributed by atoms with Crippen molar-refractivity contribution in [1.82, 2.24) is 0 Å². The van der Waals surface area contributed by atoms with Gasteiger partial charge in [0.15, 0.2) is 0 Å². The summed E-state index contributed by atoms with van der Waals surface area (Å²) >= 11 is 6.11. The standard InChI is InChI=1S/C5H10O2S2/c1-2-7-5(8)9-4-3-6/h6H,2-4H2,1H3. The second kappa shape index (κ2) is 6.32. The van der Waals surface area contributed by atoms with Crippen molar-refractivity contribution in [3.63, 3.8) is 0 Å². The molecule has 0 heterocycles. The summed E-state index contributed by atoms with van der Waals surface area (Å²) in [5.41, 5.74) is 0. The largest absolute Gasteiger partial charge is 0.479 e. The van der Waals surface area contributed by atoms with Crippen LogP contribution in [0.15, 0.2) is 0 Å². The van der Waals surface area contributed by atoms with E-state index in [1.165, 1.54) is 11.8 Å². The molecule has 54 valence electrons. The van der Waals surface area contributed by atoms with Crippen molar-refractivity contribution in [2.24, 2.45) is 0 Å². The molecular formula is C5H10O2S2. The first-order valence-electron chi connectivity index (χ1n) is 2.71. The molecule has 0 aromatic heterocycles. The van der Waals surface area contributed by atoms with E-state index in [-0.39, 0.29) is 6.61 Å². The van der Waals surface area contributed by atoms with Crippen molar-refractivity contribution in [3.8, 4) is 0 Å². The second-order valence-corrected chi connectivity index (χ2v) is 2.95. The molecular weight excluding hydrogens is 156 g/mol. The van der Waals surface area contributed by atoms with Crippen molar-refractivity contribution in [1.29, 1.82) is 0 Å². The molecule has 9 heavy (non-hydrogen) atoms. The van der Waals surface area contributed by atoms with E-state index >= 15 is 0 Å². The van der Waals surface area contributed by atoms with Crippen molar-refractivity contribution < 1.29 is 9.84 Å². The minimum Gasteiger partial charge on any atom is -0.479 e. The lowest BCUT2D eigenvalue weighted by Gasteiger charge is -2.00. The van der Waals surface area contributed by atoms with Crippen LogP contribution in [0.3, 0.4) is 0 Å². The van der Waals surface area contributed by atoms with E-state index in [0.29, 0.717) is 16.7 Å². The number of ether oxygens (including phenoxy) is 1. The Morgan fingerprint density at radius 2 is 2.44 bits per heavy atom. The molecule has 0 amide bonds. The fourth-order valence-electron chi connectivity index (χ4n) is 0.288. The van der Waals surface area contributed by atoms with Gasteiger partial charge in [-0.05, 0) is 19.1 Å². The van der Waals surface area contributed by atoms with Crippen molar-refractivity contribution in [2.75, 3.05) is 19.0 Å². The summed E-state index contributed by atoms with van der Waals surface area (Å²) in [6, 6.07) is 0. The predicted molar refractivity (Wildman–Crippen MR) is 43.8 cm³/mol. The predicted octanol–water partition coefficient (Wildman–Crippen LogP) is 1.03. The molecule has 0 bridgehead atoms. The van der Waals surface area contributed by atoms with Crippen LogP contribution >= 0.6 is 24.0 Å². The molecule has 0 unspecified atom stereocenters. The highest BCUT2D eigenvalue weighted by molar-refractivity contribution is 8.22. The lowest BCUT2D eigenvalue weighted by Crippen LogP contribution is -1.98. The van der Waals surface area contributed by atoms with Crippen LogP contribution in [0.25, 0.3) is 0 Å². The number of aliphatic hydroxyl groups excluding tert-OH is 1. The number of aliphatic hydroxyl groups is 1. The van der Waals surface area contributed by atoms with Crippen LogP contribution in [-0.4, -0.2) is 28.5 Å². The van der Waals surface area contributed by atoms with E-state index in [4.69, 9.17) is 22.1 Å². The van der Waals surface area contributed by atoms with Gasteiger partial charge in [-0.1, -0.05) is 11.8 Å². The van der Waals surface area contributed by atoms with Gasteiger partial charge in [-0.25, -0.2) is 0 Å². The number of rotatable bonds is 3. The smallest absolute Gasteiger partial charge is 0.220 e. The van der Waals surface area contributed by atoms with Crippen molar-refractivity contribution in [2.45, 2.75) is 6.92 Å². The summed E-state index contributed by atoms with van der Waals surface area (Å²) in [4.78, 5) is 0. The van der Waals surface area contributed by atoms with Gasteiger partial charge in [0.25, 0.3) is 0 Å². The zero-order chi connectivity index (χ0) is 7.11. The van der Waals surface area contributed by atoms with Gasteiger partial charge < -0.3 is 9.84 Å². The molecule has 0 rings (SSSR count). The van der Waals surface area contributed by atoms with E-state index in [9.17, 15) is 0 Å². The maximum atomic E-state index is 8.35. The lowest BCUT2D eigenvalue weighted by molar-refractivity contribution is 0.321. The molecule has 0 atom stereocenters. The third-order valence-corrected chi connectivity index (χ3v) is 1.79. The van der Waals surface area contributed by atoms with Gasteiger partial charge in [-0.2, -0.15) is 0 Å². The third-order valence-electron chi connectivity index (χ3n) is 0.573. The van der Waals surface area contributed by atoms with Crippen molar-refractivity contribution in [3.05, 3.63) is 0 Å². The fourth-order valence-corrected chi connectivity index (χ4v) is 1.12. The Morgan fingerprint density at radius 3 is 2.89 bits per heavy atom. The van der Waals surface area contributed by atoms with Gasteiger partial charge in [0.2, 0.25) is 4.38 Å². The molecule has 4 heteroatoms. The first kappa shape index (κ1) is 9.20. The average Bonchev–Trinajstić information content (AvgIpc) is 1.85. The van der Waals surface area contributed by atoms with Crippen LogP contribution in [0.2, 0.25) is 0 Å². The average molecular weight is 166 g/mol. The molecule has 0 aromatic rings. The van der Waals surface area contributed by atoms with E-state index < -0.39 is 0 Å². The summed E-state index contributed by atoms with van der Waals surface area (Å²) in [5, 5.41) is 8.35. The summed E-state index contributed by atoms with van der Waals surface area (Å²) in [6.45, 7) is 2.64. The van der Waals surface area contributed by atoms with Crippen LogP contribution in [0.4, 0.5) is 0 Å². The minimum atomic E-state index is 0.151. The summed E-state index contributed by atoms with van der Waals surface area (Å²) in [6.07, 6.45) is 0. The third kappa shape index (κ3) is 6.08.